The minimum atomic E-state index is 0.0223. The Balaban J connectivity index is 3.45. The number of hydrogen-bond acceptors (Lipinski definition) is 2. The summed E-state index contributed by atoms with van der Waals surface area (Å²) in [4.78, 5) is 23.5. The molecule has 1 N–H and O–H groups in total. The summed E-state index contributed by atoms with van der Waals surface area (Å²) in [6.07, 6.45) is 1.76. The number of amides is 2. The molecule has 0 bridgehead atoms. The standard InChI is InChI=1S/C9H18N2O2/c1-4-5-8(12)10-7-6-9(13)11(2)3/h4-7H2,1-3H3,(H,10,12). The molecule has 0 aromatic heterocycles. The fraction of sp³-hybridized carbons (Fsp3) is 0.778. The van der Waals surface area contributed by atoms with Crippen molar-refractivity contribution in [3.8, 4) is 0 Å². The zero-order valence-corrected chi connectivity index (χ0v) is 8.59. The molecule has 13 heavy (non-hydrogen) atoms. The SMILES string of the molecule is CCCC(=O)NCCC(=O)N(C)C. The molecule has 0 saturated heterocycles. The molecule has 0 atom stereocenters. The van der Waals surface area contributed by atoms with Crippen molar-refractivity contribution in [2.75, 3.05) is 20.6 Å². The second-order valence-electron chi connectivity index (χ2n) is 3.14. The molecule has 2 amide bonds. The van der Waals surface area contributed by atoms with Gasteiger partial charge in [0.1, 0.15) is 0 Å². The van der Waals surface area contributed by atoms with Crippen LogP contribution in [0.1, 0.15) is 26.2 Å². The van der Waals surface area contributed by atoms with E-state index in [9.17, 15) is 9.59 Å². The maximum atomic E-state index is 11.1. The Hall–Kier alpha value is -1.06. The summed E-state index contributed by atoms with van der Waals surface area (Å²) in [5.41, 5.74) is 0. The smallest absolute Gasteiger partial charge is 0.223 e. The van der Waals surface area contributed by atoms with Crippen molar-refractivity contribution in [3.63, 3.8) is 0 Å². The maximum Gasteiger partial charge on any atom is 0.223 e. The fourth-order valence-corrected chi connectivity index (χ4v) is 0.848. The first-order chi connectivity index (χ1) is 6.07. The maximum absolute atomic E-state index is 11.1. The van der Waals surface area contributed by atoms with Crippen LogP contribution in [0, 0.1) is 0 Å². The van der Waals surface area contributed by atoms with Gasteiger partial charge in [-0.25, -0.2) is 0 Å². The van der Waals surface area contributed by atoms with Crippen LogP contribution < -0.4 is 5.32 Å². The third kappa shape index (κ3) is 6.13. The Bertz CT molecular complexity index is 178. The second-order valence-corrected chi connectivity index (χ2v) is 3.14. The molecule has 0 aromatic rings. The average molecular weight is 186 g/mol. The van der Waals surface area contributed by atoms with E-state index in [1.165, 1.54) is 4.90 Å². The Morgan fingerprint density at radius 2 is 1.85 bits per heavy atom. The lowest BCUT2D eigenvalue weighted by molar-refractivity contribution is -0.128. The lowest BCUT2D eigenvalue weighted by Gasteiger charge is -2.10. The summed E-state index contributed by atoms with van der Waals surface area (Å²) in [5.74, 6) is 0.0610. The molecule has 76 valence electrons. The molecule has 0 unspecified atom stereocenters. The molecular weight excluding hydrogens is 168 g/mol. The number of hydrogen-bond donors (Lipinski definition) is 1. The monoisotopic (exact) mass is 186 g/mol. The molecule has 0 spiro atoms. The van der Waals surface area contributed by atoms with Gasteiger partial charge in [0.25, 0.3) is 0 Å². The average Bonchev–Trinajstić information content (AvgIpc) is 2.04. The first kappa shape index (κ1) is 11.9. The van der Waals surface area contributed by atoms with Gasteiger partial charge in [0.15, 0.2) is 0 Å². The van der Waals surface area contributed by atoms with Gasteiger partial charge >= 0.3 is 0 Å². The van der Waals surface area contributed by atoms with Crippen molar-refractivity contribution in [1.29, 1.82) is 0 Å². The number of rotatable bonds is 5. The molecule has 0 radical (unpaired) electrons. The van der Waals surface area contributed by atoms with Crippen LogP contribution in [0.2, 0.25) is 0 Å². The number of carbonyl (C=O) groups is 2. The van der Waals surface area contributed by atoms with Gasteiger partial charge in [-0.1, -0.05) is 6.92 Å². The van der Waals surface area contributed by atoms with Crippen molar-refractivity contribution in [3.05, 3.63) is 0 Å². The predicted molar refractivity (Wildman–Crippen MR) is 51.2 cm³/mol. The Morgan fingerprint density at radius 1 is 1.23 bits per heavy atom. The van der Waals surface area contributed by atoms with Crippen LogP contribution in [0.15, 0.2) is 0 Å². The zero-order chi connectivity index (χ0) is 10.3. The summed E-state index contributed by atoms with van der Waals surface area (Å²) in [7, 11) is 3.41. The van der Waals surface area contributed by atoms with E-state index in [1.54, 1.807) is 14.1 Å². The molecule has 0 saturated carbocycles. The van der Waals surface area contributed by atoms with Crippen LogP contribution in [0.4, 0.5) is 0 Å². The summed E-state index contributed by atoms with van der Waals surface area (Å²) in [5, 5.41) is 2.68. The van der Waals surface area contributed by atoms with Gasteiger partial charge in [-0.2, -0.15) is 0 Å². The molecule has 0 aliphatic rings. The van der Waals surface area contributed by atoms with Crippen LogP contribution in [0.5, 0.6) is 0 Å². The highest BCUT2D eigenvalue weighted by molar-refractivity contribution is 5.78. The quantitative estimate of drug-likeness (QED) is 0.675. The zero-order valence-electron chi connectivity index (χ0n) is 8.59. The third-order valence-electron chi connectivity index (χ3n) is 1.64. The van der Waals surface area contributed by atoms with Gasteiger partial charge in [-0.05, 0) is 6.42 Å². The third-order valence-corrected chi connectivity index (χ3v) is 1.64. The molecular formula is C9H18N2O2. The normalized spacial score (nSPS) is 9.46. The second kappa shape index (κ2) is 6.46. The van der Waals surface area contributed by atoms with Crippen LogP contribution >= 0.6 is 0 Å². The number of nitrogens with one attached hydrogen (secondary N) is 1. The molecule has 0 aromatic carbocycles. The molecule has 0 aliphatic heterocycles. The summed E-state index contributed by atoms with van der Waals surface area (Å²) in [6.45, 7) is 2.39. The lowest BCUT2D eigenvalue weighted by Crippen LogP contribution is -2.29. The first-order valence-electron chi connectivity index (χ1n) is 4.54. The topological polar surface area (TPSA) is 49.4 Å². The van der Waals surface area contributed by atoms with E-state index < -0.39 is 0 Å². The lowest BCUT2D eigenvalue weighted by atomic mass is 10.3. The van der Waals surface area contributed by atoms with E-state index in [1.807, 2.05) is 6.92 Å². The highest BCUT2D eigenvalue weighted by atomic mass is 16.2. The van der Waals surface area contributed by atoms with E-state index in [2.05, 4.69) is 5.32 Å². The number of carbonyl (C=O) groups excluding carboxylic acids is 2. The van der Waals surface area contributed by atoms with E-state index >= 15 is 0 Å². The molecule has 4 heteroatoms. The molecule has 0 fully saturated rings. The van der Waals surface area contributed by atoms with Crippen LogP contribution in [-0.2, 0) is 9.59 Å². The molecule has 0 heterocycles. The van der Waals surface area contributed by atoms with Crippen molar-refractivity contribution in [1.82, 2.24) is 10.2 Å². The fourth-order valence-electron chi connectivity index (χ4n) is 0.848. The Morgan fingerprint density at radius 3 is 2.31 bits per heavy atom. The van der Waals surface area contributed by atoms with Crippen molar-refractivity contribution >= 4 is 11.8 Å². The van der Waals surface area contributed by atoms with Gasteiger partial charge in [0.05, 0.1) is 0 Å². The largest absolute Gasteiger partial charge is 0.356 e. The van der Waals surface area contributed by atoms with E-state index in [4.69, 9.17) is 0 Å². The highest BCUT2D eigenvalue weighted by Gasteiger charge is 2.04. The van der Waals surface area contributed by atoms with Crippen LogP contribution in [-0.4, -0.2) is 37.4 Å². The summed E-state index contributed by atoms with van der Waals surface area (Å²) >= 11 is 0. The number of nitrogens with zero attached hydrogens (tertiary/aromatic N) is 1. The minimum absolute atomic E-state index is 0.0223. The van der Waals surface area contributed by atoms with Gasteiger partial charge in [-0.3, -0.25) is 9.59 Å². The van der Waals surface area contributed by atoms with E-state index in [0.717, 1.165) is 6.42 Å². The summed E-state index contributed by atoms with van der Waals surface area (Å²) in [6, 6.07) is 0. The van der Waals surface area contributed by atoms with Crippen LogP contribution in [0.3, 0.4) is 0 Å². The predicted octanol–water partition coefficient (Wildman–Crippen LogP) is 0.381. The van der Waals surface area contributed by atoms with Crippen LogP contribution in [0.25, 0.3) is 0 Å². The van der Waals surface area contributed by atoms with E-state index in [0.29, 0.717) is 19.4 Å². The highest BCUT2D eigenvalue weighted by Crippen LogP contribution is 1.88. The molecule has 0 rings (SSSR count). The summed E-state index contributed by atoms with van der Waals surface area (Å²) < 4.78 is 0. The van der Waals surface area contributed by atoms with Crippen molar-refractivity contribution in [2.45, 2.75) is 26.2 Å². The minimum Gasteiger partial charge on any atom is -0.356 e. The van der Waals surface area contributed by atoms with E-state index in [-0.39, 0.29) is 11.8 Å². The van der Waals surface area contributed by atoms with Gasteiger partial charge in [0.2, 0.25) is 11.8 Å². The Labute approximate surface area is 79.3 Å². The van der Waals surface area contributed by atoms with Gasteiger partial charge < -0.3 is 10.2 Å². The van der Waals surface area contributed by atoms with Gasteiger partial charge in [0, 0.05) is 33.5 Å². The first-order valence-corrected chi connectivity index (χ1v) is 4.54. The van der Waals surface area contributed by atoms with Crippen molar-refractivity contribution < 1.29 is 9.59 Å². The van der Waals surface area contributed by atoms with Crippen molar-refractivity contribution in [2.24, 2.45) is 0 Å². The van der Waals surface area contributed by atoms with Gasteiger partial charge in [-0.15, -0.1) is 0 Å². The Kier molecular flexibility index (Phi) is 5.93. The molecule has 0 aliphatic carbocycles. The molecule has 4 nitrogen and oxygen atoms in total.